The number of methoxy groups -OCH3 is 1. The van der Waals surface area contributed by atoms with Gasteiger partial charge in [0.05, 0.1) is 19.3 Å². The molecule has 0 aromatic carbocycles. The summed E-state index contributed by atoms with van der Waals surface area (Å²) in [7, 11) is 1.72. The number of ether oxygens (including phenoxy) is 3. The van der Waals surface area contributed by atoms with Crippen LogP contribution in [0.25, 0.3) is 0 Å². The zero-order valence-electron chi connectivity index (χ0n) is 18.3. The summed E-state index contributed by atoms with van der Waals surface area (Å²) in [6.07, 6.45) is 1.24. The van der Waals surface area contributed by atoms with E-state index in [-0.39, 0.29) is 37.2 Å². The highest BCUT2D eigenvalue weighted by Gasteiger charge is 2.38. The highest BCUT2D eigenvalue weighted by Crippen LogP contribution is 2.37. The van der Waals surface area contributed by atoms with Crippen LogP contribution in [0.15, 0.2) is 6.20 Å². The maximum Gasteiger partial charge on any atom is 0.423 e. The molecule has 33 heavy (non-hydrogen) atoms. The Bertz CT molecular complexity index is 981. The lowest BCUT2D eigenvalue weighted by Crippen LogP contribution is -2.39. The van der Waals surface area contributed by atoms with E-state index in [4.69, 9.17) is 14.2 Å². The van der Waals surface area contributed by atoms with E-state index in [1.165, 1.54) is 0 Å². The molecule has 3 atom stereocenters. The SMILES string of the molecule is CO[C@H]1CCn2c(nnc2[C@H]2CCC[C@@H](Nc3ncc(C(F)(F)F)c(OC4COC4)n3)C2)C1. The van der Waals surface area contributed by atoms with E-state index in [0.29, 0.717) is 0 Å². The Morgan fingerprint density at radius 1 is 1.15 bits per heavy atom. The monoisotopic (exact) mass is 468 g/mol. The van der Waals surface area contributed by atoms with E-state index < -0.39 is 23.7 Å². The van der Waals surface area contributed by atoms with Gasteiger partial charge in [-0.15, -0.1) is 10.2 Å². The van der Waals surface area contributed by atoms with Gasteiger partial charge in [0, 0.05) is 38.2 Å². The predicted molar refractivity (Wildman–Crippen MR) is 110 cm³/mol. The quantitative estimate of drug-likeness (QED) is 0.692. The van der Waals surface area contributed by atoms with E-state index in [2.05, 4.69) is 30.0 Å². The fraction of sp³-hybridized carbons (Fsp3) is 0.714. The van der Waals surface area contributed by atoms with Crippen molar-refractivity contribution >= 4 is 5.95 Å². The van der Waals surface area contributed by atoms with Gasteiger partial charge in [0.2, 0.25) is 11.8 Å². The topological polar surface area (TPSA) is 96.2 Å². The molecule has 12 heteroatoms. The average Bonchev–Trinajstić information content (AvgIpc) is 3.19. The van der Waals surface area contributed by atoms with Crippen LogP contribution in [0, 0.1) is 0 Å². The van der Waals surface area contributed by atoms with E-state index in [1.807, 2.05) is 0 Å². The lowest BCUT2D eigenvalue weighted by molar-refractivity contribution is -0.142. The molecule has 5 rings (SSSR count). The molecule has 1 saturated carbocycles. The minimum Gasteiger partial charge on any atom is -0.469 e. The van der Waals surface area contributed by atoms with Gasteiger partial charge in [-0.25, -0.2) is 4.98 Å². The van der Waals surface area contributed by atoms with Crippen molar-refractivity contribution in [2.45, 2.75) is 75.4 Å². The van der Waals surface area contributed by atoms with Crippen LogP contribution < -0.4 is 10.1 Å². The van der Waals surface area contributed by atoms with E-state index >= 15 is 0 Å². The van der Waals surface area contributed by atoms with Crippen molar-refractivity contribution in [3.63, 3.8) is 0 Å². The number of nitrogens with zero attached hydrogens (tertiary/aromatic N) is 5. The Kier molecular flexibility index (Phi) is 6.12. The summed E-state index contributed by atoms with van der Waals surface area (Å²) in [6, 6.07) is 0.0173. The standard InChI is InChI=1S/C21H27F3N6O3/c1-31-14-5-6-30-17(8-14)28-29-18(30)12-3-2-4-13(7-12)26-20-25-9-16(21(22,23)24)19(27-20)33-15-10-32-11-15/h9,12-15H,2-8,10-11H2,1H3,(H,25,26,27)/t12-,13+,14-/m0/s1. The summed E-state index contributed by atoms with van der Waals surface area (Å²) in [5, 5.41) is 12.1. The highest BCUT2D eigenvalue weighted by atomic mass is 19.4. The first kappa shape index (κ1) is 22.3. The molecule has 2 aromatic rings. The molecular weight excluding hydrogens is 441 g/mol. The Morgan fingerprint density at radius 2 is 2.00 bits per heavy atom. The van der Waals surface area contributed by atoms with Crippen LogP contribution >= 0.6 is 0 Å². The predicted octanol–water partition coefficient (Wildman–Crippen LogP) is 2.96. The molecule has 180 valence electrons. The lowest BCUT2D eigenvalue weighted by Gasteiger charge is -2.31. The van der Waals surface area contributed by atoms with Crippen LogP contribution in [-0.2, 0) is 28.6 Å². The number of halogens is 3. The highest BCUT2D eigenvalue weighted by molar-refractivity contribution is 5.36. The van der Waals surface area contributed by atoms with Crippen molar-refractivity contribution in [2.75, 3.05) is 25.6 Å². The molecule has 1 N–H and O–H groups in total. The molecular formula is C21H27F3N6O3. The van der Waals surface area contributed by atoms with Gasteiger partial charge in [-0.1, -0.05) is 6.42 Å². The number of hydrogen-bond donors (Lipinski definition) is 1. The van der Waals surface area contributed by atoms with Gasteiger partial charge in [0.25, 0.3) is 0 Å². The Labute approximate surface area is 189 Å². The van der Waals surface area contributed by atoms with Gasteiger partial charge >= 0.3 is 6.18 Å². The summed E-state index contributed by atoms with van der Waals surface area (Å²) in [5.74, 6) is 1.82. The van der Waals surface area contributed by atoms with Gasteiger partial charge in [0.1, 0.15) is 23.3 Å². The molecule has 0 radical (unpaired) electrons. The number of fused-ring (bicyclic) bond motifs is 1. The van der Waals surface area contributed by atoms with Gasteiger partial charge in [-0.05, 0) is 25.7 Å². The molecule has 0 unspecified atom stereocenters. The largest absolute Gasteiger partial charge is 0.469 e. The van der Waals surface area contributed by atoms with Crippen molar-refractivity contribution in [2.24, 2.45) is 0 Å². The van der Waals surface area contributed by atoms with Gasteiger partial charge in [-0.2, -0.15) is 18.2 Å². The molecule has 9 nitrogen and oxygen atoms in total. The summed E-state index contributed by atoms with van der Waals surface area (Å²) < 4.78 is 58.2. The third-order valence-electron chi connectivity index (χ3n) is 6.59. The molecule has 1 aliphatic carbocycles. The Morgan fingerprint density at radius 3 is 2.73 bits per heavy atom. The average molecular weight is 468 g/mol. The molecule has 0 amide bonds. The first-order valence-corrected chi connectivity index (χ1v) is 11.3. The second-order valence-corrected chi connectivity index (χ2v) is 8.87. The second-order valence-electron chi connectivity index (χ2n) is 8.87. The van der Waals surface area contributed by atoms with E-state index in [0.717, 1.165) is 62.9 Å². The van der Waals surface area contributed by atoms with E-state index in [1.54, 1.807) is 7.11 Å². The third-order valence-corrected chi connectivity index (χ3v) is 6.59. The number of alkyl halides is 3. The van der Waals surface area contributed by atoms with Crippen LogP contribution in [0.1, 0.15) is 55.2 Å². The molecule has 0 spiro atoms. The molecule has 3 aliphatic rings. The zero-order valence-corrected chi connectivity index (χ0v) is 18.3. The molecule has 1 saturated heterocycles. The number of anilines is 1. The molecule has 4 heterocycles. The normalized spacial score (nSPS) is 25.9. The minimum absolute atomic E-state index is 0.0173. The first-order chi connectivity index (χ1) is 15.9. The molecule has 2 aliphatic heterocycles. The Balaban J connectivity index is 1.29. The maximum absolute atomic E-state index is 13.4. The van der Waals surface area contributed by atoms with Gasteiger partial charge < -0.3 is 24.1 Å². The van der Waals surface area contributed by atoms with Crippen molar-refractivity contribution < 1.29 is 27.4 Å². The van der Waals surface area contributed by atoms with Crippen molar-refractivity contribution in [1.82, 2.24) is 24.7 Å². The van der Waals surface area contributed by atoms with Crippen molar-refractivity contribution in [3.8, 4) is 5.88 Å². The van der Waals surface area contributed by atoms with Crippen LogP contribution in [-0.4, -0.2) is 63.3 Å². The fourth-order valence-corrected chi connectivity index (χ4v) is 4.72. The van der Waals surface area contributed by atoms with Crippen LogP contribution in [0.5, 0.6) is 5.88 Å². The van der Waals surface area contributed by atoms with Crippen LogP contribution in [0.3, 0.4) is 0 Å². The molecule has 2 aromatic heterocycles. The first-order valence-electron chi connectivity index (χ1n) is 11.3. The summed E-state index contributed by atoms with van der Waals surface area (Å²) in [5.41, 5.74) is -0.981. The zero-order chi connectivity index (χ0) is 23.0. The van der Waals surface area contributed by atoms with Crippen molar-refractivity contribution in [3.05, 3.63) is 23.4 Å². The molecule has 2 fully saturated rings. The number of nitrogens with one attached hydrogen (secondary N) is 1. The molecule has 0 bridgehead atoms. The summed E-state index contributed by atoms with van der Waals surface area (Å²) >= 11 is 0. The van der Waals surface area contributed by atoms with Gasteiger partial charge in [-0.3, -0.25) is 0 Å². The Hall–Kier alpha value is -2.47. The summed E-state index contributed by atoms with van der Waals surface area (Å²) in [6.45, 7) is 1.34. The number of rotatable bonds is 6. The smallest absolute Gasteiger partial charge is 0.423 e. The van der Waals surface area contributed by atoms with Crippen molar-refractivity contribution in [1.29, 1.82) is 0 Å². The van der Waals surface area contributed by atoms with Gasteiger partial charge in [0.15, 0.2) is 0 Å². The van der Waals surface area contributed by atoms with E-state index in [9.17, 15) is 13.2 Å². The third kappa shape index (κ3) is 4.77. The lowest BCUT2D eigenvalue weighted by atomic mass is 9.85. The number of hydrogen-bond acceptors (Lipinski definition) is 8. The minimum atomic E-state index is -4.59. The fourth-order valence-electron chi connectivity index (χ4n) is 4.72. The van der Waals surface area contributed by atoms with Crippen LogP contribution in [0.4, 0.5) is 19.1 Å². The van der Waals surface area contributed by atoms with Crippen LogP contribution in [0.2, 0.25) is 0 Å². The number of aromatic nitrogens is 5. The summed E-state index contributed by atoms with van der Waals surface area (Å²) in [4.78, 5) is 7.99. The second kappa shape index (κ2) is 9.05. The maximum atomic E-state index is 13.4.